The topological polar surface area (TPSA) is 89.8 Å². The first kappa shape index (κ1) is 20.7. The predicted molar refractivity (Wildman–Crippen MR) is 114 cm³/mol. The summed E-state index contributed by atoms with van der Waals surface area (Å²) in [5, 5.41) is 14.8. The molecule has 1 heterocycles. The molecule has 1 atom stereocenters. The number of ketones is 1. The van der Waals surface area contributed by atoms with E-state index >= 15 is 0 Å². The molecule has 0 aliphatic heterocycles. The van der Waals surface area contributed by atoms with Crippen molar-refractivity contribution >= 4 is 29.1 Å². The maximum atomic E-state index is 12.6. The van der Waals surface area contributed by atoms with E-state index in [1.807, 2.05) is 24.3 Å². The van der Waals surface area contributed by atoms with Crippen LogP contribution in [-0.4, -0.2) is 37.1 Å². The zero-order valence-corrected chi connectivity index (χ0v) is 17.6. The Labute approximate surface area is 173 Å². The van der Waals surface area contributed by atoms with Gasteiger partial charge >= 0.3 is 0 Å². The number of rotatable bonds is 7. The Morgan fingerprint density at radius 3 is 2.45 bits per heavy atom. The van der Waals surface area contributed by atoms with Crippen LogP contribution in [0.5, 0.6) is 0 Å². The fraction of sp³-hybridized carbons (Fsp3) is 0.286. The third-order valence-corrected chi connectivity index (χ3v) is 5.47. The Balaban J connectivity index is 1.70. The second kappa shape index (κ2) is 9.00. The quantitative estimate of drug-likeness (QED) is 0.467. The van der Waals surface area contributed by atoms with Crippen molar-refractivity contribution in [1.82, 2.24) is 20.2 Å². The first-order valence-corrected chi connectivity index (χ1v) is 10.2. The molecular formula is C21H23N5O2S. The van der Waals surface area contributed by atoms with Gasteiger partial charge in [0.2, 0.25) is 11.1 Å². The number of benzene rings is 2. The van der Waals surface area contributed by atoms with E-state index < -0.39 is 5.25 Å². The summed E-state index contributed by atoms with van der Waals surface area (Å²) in [5.74, 6) is 0.198. The summed E-state index contributed by atoms with van der Waals surface area (Å²) in [6.45, 7) is 7.56. The van der Waals surface area contributed by atoms with Crippen molar-refractivity contribution in [2.45, 2.75) is 44.0 Å². The maximum absolute atomic E-state index is 12.6. The second-order valence-corrected chi connectivity index (χ2v) is 8.31. The van der Waals surface area contributed by atoms with Gasteiger partial charge in [0.05, 0.1) is 10.9 Å². The van der Waals surface area contributed by atoms with E-state index in [2.05, 4.69) is 34.7 Å². The smallest absolute Gasteiger partial charge is 0.237 e. The number of Topliss-reactive ketones (excluding diaryl/α,β-unsaturated/α-hetero) is 1. The van der Waals surface area contributed by atoms with Gasteiger partial charge in [0.1, 0.15) is 0 Å². The number of carbonyl (C=O) groups is 2. The lowest BCUT2D eigenvalue weighted by atomic mass is 10.0. The molecule has 150 valence electrons. The molecule has 0 bridgehead atoms. The van der Waals surface area contributed by atoms with Gasteiger partial charge in [-0.05, 0) is 60.0 Å². The van der Waals surface area contributed by atoms with Crippen LogP contribution in [0.1, 0.15) is 49.5 Å². The first-order chi connectivity index (χ1) is 13.8. The van der Waals surface area contributed by atoms with Crippen molar-refractivity contribution in [3.8, 4) is 5.69 Å². The number of nitrogens with one attached hydrogen (secondary N) is 1. The Morgan fingerprint density at radius 2 is 1.79 bits per heavy atom. The minimum atomic E-state index is -0.435. The van der Waals surface area contributed by atoms with Gasteiger partial charge in [-0.3, -0.25) is 9.59 Å². The molecule has 1 amide bonds. The third kappa shape index (κ3) is 5.08. The number of thioether (sulfide) groups is 1. The molecule has 2 aromatic carbocycles. The molecule has 29 heavy (non-hydrogen) atoms. The lowest BCUT2D eigenvalue weighted by Gasteiger charge is -2.12. The molecule has 7 nitrogen and oxygen atoms in total. The van der Waals surface area contributed by atoms with Crippen LogP contribution < -0.4 is 5.32 Å². The monoisotopic (exact) mass is 409 g/mol. The number of nitrogens with zero attached hydrogens (tertiary/aromatic N) is 4. The fourth-order valence-corrected chi connectivity index (χ4v) is 3.49. The minimum absolute atomic E-state index is 0.0498. The standard InChI is InChI=1S/C21H23N5O2S/c1-13(2)16-8-10-19(11-9-16)26-21(23-24-25-26)29-15(4)20(28)22-18-7-5-6-17(12-18)14(3)27/h5-13,15H,1-4H3,(H,22,28)/t15-/m0/s1. The van der Waals surface area contributed by atoms with Crippen molar-refractivity contribution in [3.05, 3.63) is 59.7 Å². The van der Waals surface area contributed by atoms with Crippen molar-refractivity contribution in [1.29, 1.82) is 0 Å². The van der Waals surface area contributed by atoms with Gasteiger partial charge in [0.25, 0.3) is 0 Å². The zero-order chi connectivity index (χ0) is 21.0. The van der Waals surface area contributed by atoms with Crippen LogP contribution >= 0.6 is 11.8 Å². The summed E-state index contributed by atoms with van der Waals surface area (Å²) < 4.78 is 1.62. The molecule has 0 saturated carbocycles. The largest absolute Gasteiger partial charge is 0.325 e. The number of anilines is 1. The molecule has 8 heteroatoms. The van der Waals surface area contributed by atoms with Crippen LogP contribution in [0.2, 0.25) is 0 Å². The average molecular weight is 410 g/mol. The molecule has 1 N–H and O–H groups in total. The third-order valence-electron chi connectivity index (χ3n) is 4.43. The van der Waals surface area contributed by atoms with Crippen LogP contribution in [0.15, 0.2) is 53.7 Å². The van der Waals surface area contributed by atoms with Gasteiger partial charge in [-0.15, -0.1) is 5.10 Å². The Hall–Kier alpha value is -3.00. The highest BCUT2D eigenvalue weighted by molar-refractivity contribution is 8.00. The number of hydrogen-bond donors (Lipinski definition) is 1. The van der Waals surface area contributed by atoms with E-state index in [0.717, 1.165) is 5.69 Å². The lowest BCUT2D eigenvalue weighted by Crippen LogP contribution is -2.23. The molecule has 0 aliphatic carbocycles. The van der Waals surface area contributed by atoms with Gasteiger partial charge in [-0.2, -0.15) is 4.68 Å². The van der Waals surface area contributed by atoms with Gasteiger partial charge in [-0.1, -0.05) is 49.9 Å². The summed E-state index contributed by atoms with van der Waals surface area (Å²) in [6.07, 6.45) is 0. The van der Waals surface area contributed by atoms with Crippen LogP contribution in [0, 0.1) is 0 Å². The summed E-state index contributed by atoms with van der Waals surface area (Å²) in [5.41, 5.74) is 3.20. The van der Waals surface area contributed by atoms with E-state index in [-0.39, 0.29) is 11.7 Å². The number of hydrogen-bond acceptors (Lipinski definition) is 6. The molecule has 0 spiro atoms. The Bertz CT molecular complexity index is 1010. The normalized spacial score (nSPS) is 12.0. The zero-order valence-electron chi connectivity index (χ0n) is 16.8. The molecule has 0 radical (unpaired) electrons. The van der Waals surface area contributed by atoms with E-state index in [0.29, 0.717) is 22.3 Å². The van der Waals surface area contributed by atoms with E-state index in [1.54, 1.807) is 35.9 Å². The van der Waals surface area contributed by atoms with E-state index in [9.17, 15) is 9.59 Å². The summed E-state index contributed by atoms with van der Waals surface area (Å²) >= 11 is 1.27. The number of tetrazole rings is 1. The average Bonchev–Trinajstić information content (AvgIpc) is 3.16. The molecular weight excluding hydrogens is 386 g/mol. The summed E-state index contributed by atoms with van der Waals surface area (Å²) in [4.78, 5) is 24.1. The van der Waals surface area contributed by atoms with Crippen LogP contribution in [-0.2, 0) is 4.79 Å². The molecule has 0 unspecified atom stereocenters. The summed E-state index contributed by atoms with van der Waals surface area (Å²) in [7, 11) is 0. The molecule has 3 rings (SSSR count). The Morgan fingerprint density at radius 1 is 1.07 bits per heavy atom. The highest BCUT2D eigenvalue weighted by atomic mass is 32.2. The van der Waals surface area contributed by atoms with Gasteiger partial charge in [-0.25, -0.2) is 0 Å². The lowest BCUT2D eigenvalue weighted by molar-refractivity contribution is -0.115. The van der Waals surface area contributed by atoms with Gasteiger partial charge < -0.3 is 5.32 Å². The van der Waals surface area contributed by atoms with Crippen molar-refractivity contribution < 1.29 is 9.59 Å². The maximum Gasteiger partial charge on any atom is 0.237 e. The van der Waals surface area contributed by atoms with Crippen LogP contribution in [0.25, 0.3) is 5.69 Å². The van der Waals surface area contributed by atoms with Crippen molar-refractivity contribution in [2.24, 2.45) is 0 Å². The highest BCUT2D eigenvalue weighted by Crippen LogP contribution is 2.25. The van der Waals surface area contributed by atoms with Gasteiger partial charge in [0.15, 0.2) is 5.78 Å². The SMILES string of the molecule is CC(=O)c1cccc(NC(=O)[C@H](C)Sc2nnnn2-c2ccc(C(C)C)cc2)c1. The van der Waals surface area contributed by atoms with Gasteiger partial charge in [0, 0.05) is 11.3 Å². The van der Waals surface area contributed by atoms with Crippen LogP contribution in [0.3, 0.4) is 0 Å². The first-order valence-electron chi connectivity index (χ1n) is 9.32. The molecule has 3 aromatic rings. The molecule has 1 aromatic heterocycles. The van der Waals surface area contributed by atoms with E-state index in [4.69, 9.17) is 0 Å². The Kier molecular flexibility index (Phi) is 6.43. The number of carbonyl (C=O) groups excluding carboxylic acids is 2. The number of aromatic nitrogens is 4. The molecule has 0 fully saturated rings. The second-order valence-electron chi connectivity index (χ2n) is 7.01. The number of amides is 1. The van der Waals surface area contributed by atoms with Crippen molar-refractivity contribution in [3.63, 3.8) is 0 Å². The van der Waals surface area contributed by atoms with Crippen LogP contribution in [0.4, 0.5) is 5.69 Å². The highest BCUT2D eigenvalue weighted by Gasteiger charge is 2.19. The molecule has 0 saturated heterocycles. The van der Waals surface area contributed by atoms with Crippen molar-refractivity contribution in [2.75, 3.05) is 5.32 Å². The minimum Gasteiger partial charge on any atom is -0.325 e. The van der Waals surface area contributed by atoms with E-state index in [1.165, 1.54) is 24.2 Å². The molecule has 0 aliphatic rings. The summed E-state index contributed by atoms with van der Waals surface area (Å²) in [6, 6.07) is 14.9. The fourth-order valence-electron chi connectivity index (χ4n) is 2.69. The predicted octanol–water partition coefficient (Wildman–Crippen LogP) is 4.11.